The molecule has 0 saturated heterocycles. The summed E-state index contributed by atoms with van der Waals surface area (Å²) in [5, 5.41) is 8.67. The number of carbonyl (C=O) groups excluding carboxylic acids is 1. The van der Waals surface area contributed by atoms with Gasteiger partial charge in [0.05, 0.1) is 0 Å². The minimum atomic E-state index is -0.724. The molecule has 0 saturated carbocycles. The molecule has 0 aliphatic carbocycles. The lowest BCUT2D eigenvalue weighted by molar-refractivity contribution is -0.137. The zero-order valence-electron chi connectivity index (χ0n) is 17.7. The lowest BCUT2D eigenvalue weighted by Gasteiger charge is -2.22. The SMILES string of the molecule is O=C(O)CCCCCCCCN(CCc1ccccc1)C(=O)OCc1ccccc1. The summed E-state index contributed by atoms with van der Waals surface area (Å²) in [4.78, 5) is 25.0. The van der Waals surface area contributed by atoms with Crippen molar-refractivity contribution in [1.82, 2.24) is 4.90 Å². The summed E-state index contributed by atoms with van der Waals surface area (Å²) in [6.45, 7) is 1.59. The number of nitrogens with zero attached hydrogens (tertiary/aromatic N) is 1. The van der Waals surface area contributed by atoms with E-state index in [4.69, 9.17) is 9.84 Å². The molecule has 1 N–H and O–H groups in total. The Bertz CT molecular complexity index is 733. The minimum Gasteiger partial charge on any atom is -0.481 e. The summed E-state index contributed by atoms with van der Waals surface area (Å²) >= 11 is 0. The van der Waals surface area contributed by atoms with Gasteiger partial charge in [-0.1, -0.05) is 86.3 Å². The van der Waals surface area contributed by atoms with Crippen LogP contribution < -0.4 is 0 Å². The number of amides is 1. The van der Waals surface area contributed by atoms with Crippen LogP contribution in [0.4, 0.5) is 4.79 Å². The number of ether oxygens (including phenoxy) is 1. The van der Waals surface area contributed by atoms with Gasteiger partial charge < -0.3 is 14.7 Å². The molecule has 5 nitrogen and oxygen atoms in total. The highest BCUT2D eigenvalue weighted by Crippen LogP contribution is 2.11. The Morgan fingerprint density at radius 3 is 1.93 bits per heavy atom. The summed E-state index contributed by atoms with van der Waals surface area (Å²) in [5.74, 6) is -0.724. The topological polar surface area (TPSA) is 66.8 Å². The Hall–Kier alpha value is -2.82. The van der Waals surface area contributed by atoms with Crippen molar-refractivity contribution in [3.05, 3.63) is 71.8 Å². The smallest absolute Gasteiger partial charge is 0.410 e. The van der Waals surface area contributed by atoms with E-state index < -0.39 is 5.97 Å². The maximum Gasteiger partial charge on any atom is 0.410 e. The van der Waals surface area contributed by atoms with Crippen molar-refractivity contribution in [2.45, 2.75) is 58.0 Å². The standard InChI is InChI=1S/C25H33NO4/c27-24(28)17-11-3-1-2-4-12-19-26(20-18-22-13-7-5-8-14-22)25(29)30-21-23-15-9-6-10-16-23/h5-10,13-16H,1-4,11-12,17-21H2,(H,27,28). The van der Waals surface area contributed by atoms with Gasteiger partial charge in [0.1, 0.15) is 6.61 Å². The van der Waals surface area contributed by atoms with Crippen molar-refractivity contribution in [2.24, 2.45) is 0 Å². The minimum absolute atomic E-state index is 0.251. The number of unbranched alkanes of at least 4 members (excludes halogenated alkanes) is 5. The predicted molar refractivity (Wildman–Crippen MR) is 118 cm³/mol. The molecule has 0 atom stereocenters. The van der Waals surface area contributed by atoms with E-state index in [-0.39, 0.29) is 19.1 Å². The van der Waals surface area contributed by atoms with Crippen LogP contribution in [0.2, 0.25) is 0 Å². The highest BCUT2D eigenvalue weighted by Gasteiger charge is 2.15. The lowest BCUT2D eigenvalue weighted by atomic mass is 10.1. The first kappa shape index (κ1) is 23.5. The molecule has 0 aliphatic rings. The quantitative estimate of drug-likeness (QED) is 0.406. The summed E-state index contributed by atoms with van der Waals surface area (Å²) in [6.07, 6.45) is 6.52. The molecule has 5 heteroatoms. The number of aliphatic carboxylic acids is 1. The highest BCUT2D eigenvalue weighted by atomic mass is 16.6. The van der Waals surface area contributed by atoms with Gasteiger partial charge in [-0.05, 0) is 30.4 Å². The molecule has 0 fully saturated rings. The molecule has 2 rings (SSSR count). The second-order valence-corrected chi connectivity index (χ2v) is 7.53. The average molecular weight is 412 g/mol. The molecule has 162 valence electrons. The third kappa shape index (κ3) is 10.1. The van der Waals surface area contributed by atoms with Crippen molar-refractivity contribution in [1.29, 1.82) is 0 Å². The third-order valence-electron chi connectivity index (χ3n) is 5.05. The summed E-state index contributed by atoms with van der Waals surface area (Å²) in [5.41, 5.74) is 2.19. The van der Waals surface area contributed by atoms with E-state index in [1.807, 2.05) is 48.5 Å². The van der Waals surface area contributed by atoms with E-state index in [2.05, 4.69) is 12.1 Å². The van der Waals surface area contributed by atoms with Gasteiger partial charge in [0.25, 0.3) is 0 Å². The van der Waals surface area contributed by atoms with Gasteiger partial charge >= 0.3 is 12.1 Å². The van der Waals surface area contributed by atoms with E-state index in [1.165, 1.54) is 5.56 Å². The van der Waals surface area contributed by atoms with E-state index in [0.717, 1.165) is 50.5 Å². The molecule has 2 aromatic rings. The Kier molecular flexibility index (Phi) is 11.1. The zero-order valence-corrected chi connectivity index (χ0v) is 17.7. The molecule has 1 amide bonds. The van der Waals surface area contributed by atoms with Gasteiger partial charge in [-0.15, -0.1) is 0 Å². The van der Waals surface area contributed by atoms with Crippen LogP contribution in [0.1, 0.15) is 56.1 Å². The van der Waals surface area contributed by atoms with Gasteiger partial charge in [0.15, 0.2) is 0 Å². The van der Waals surface area contributed by atoms with Gasteiger partial charge in [-0.3, -0.25) is 4.79 Å². The van der Waals surface area contributed by atoms with E-state index in [1.54, 1.807) is 4.90 Å². The van der Waals surface area contributed by atoms with Gasteiger partial charge in [-0.2, -0.15) is 0 Å². The molecule has 0 aromatic heterocycles. The molecule has 0 heterocycles. The molecule has 0 bridgehead atoms. The Labute approximate surface area is 179 Å². The fourth-order valence-electron chi connectivity index (χ4n) is 3.30. The maximum absolute atomic E-state index is 12.7. The Balaban J connectivity index is 1.75. The van der Waals surface area contributed by atoms with Crippen molar-refractivity contribution in [3.63, 3.8) is 0 Å². The molecule has 0 aliphatic heterocycles. The molecular weight excluding hydrogens is 378 g/mol. The van der Waals surface area contributed by atoms with Crippen LogP contribution >= 0.6 is 0 Å². The molecule has 30 heavy (non-hydrogen) atoms. The highest BCUT2D eigenvalue weighted by molar-refractivity contribution is 5.67. The fourth-order valence-corrected chi connectivity index (χ4v) is 3.30. The van der Waals surface area contributed by atoms with Crippen molar-refractivity contribution < 1.29 is 19.4 Å². The van der Waals surface area contributed by atoms with Gasteiger partial charge in [0.2, 0.25) is 0 Å². The van der Waals surface area contributed by atoms with Gasteiger partial charge in [0, 0.05) is 19.5 Å². The Morgan fingerprint density at radius 2 is 1.30 bits per heavy atom. The predicted octanol–water partition coefficient (Wildman–Crippen LogP) is 5.68. The van der Waals surface area contributed by atoms with Crippen LogP contribution in [0.15, 0.2) is 60.7 Å². The number of carboxylic acids is 1. The lowest BCUT2D eigenvalue weighted by Crippen LogP contribution is -2.34. The monoisotopic (exact) mass is 411 g/mol. The second-order valence-electron chi connectivity index (χ2n) is 7.53. The Morgan fingerprint density at radius 1 is 0.733 bits per heavy atom. The largest absolute Gasteiger partial charge is 0.481 e. The molecular formula is C25H33NO4. The van der Waals surface area contributed by atoms with Crippen LogP contribution in [0, 0.1) is 0 Å². The molecule has 0 spiro atoms. The first-order valence-corrected chi connectivity index (χ1v) is 10.9. The maximum atomic E-state index is 12.7. The van der Waals surface area contributed by atoms with Crippen LogP contribution in [-0.4, -0.2) is 35.2 Å². The van der Waals surface area contributed by atoms with Gasteiger partial charge in [-0.25, -0.2) is 4.79 Å². The van der Waals surface area contributed by atoms with Crippen LogP contribution in [-0.2, 0) is 22.6 Å². The number of hydrogen-bond donors (Lipinski definition) is 1. The fraction of sp³-hybridized carbons (Fsp3) is 0.440. The average Bonchev–Trinajstić information content (AvgIpc) is 2.77. The number of carbonyl (C=O) groups is 2. The molecule has 0 unspecified atom stereocenters. The first-order chi connectivity index (χ1) is 14.6. The summed E-state index contributed by atoms with van der Waals surface area (Å²) < 4.78 is 5.54. The van der Waals surface area contributed by atoms with E-state index in [0.29, 0.717) is 13.1 Å². The second kappa shape index (κ2) is 14.2. The summed E-state index contributed by atoms with van der Waals surface area (Å²) in [6, 6.07) is 19.9. The first-order valence-electron chi connectivity index (χ1n) is 10.9. The van der Waals surface area contributed by atoms with Crippen LogP contribution in [0.25, 0.3) is 0 Å². The summed E-state index contributed by atoms with van der Waals surface area (Å²) in [7, 11) is 0. The molecule has 0 radical (unpaired) electrons. The van der Waals surface area contributed by atoms with E-state index in [9.17, 15) is 9.59 Å². The van der Waals surface area contributed by atoms with Crippen LogP contribution in [0.5, 0.6) is 0 Å². The van der Waals surface area contributed by atoms with Crippen molar-refractivity contribution >= 4 is 12.1 Å². The van der Waals surface area contributed by atoms with E-state index >= 15 is 0 Å². The zero-order chi connectivity index (χ0) is 21.4. The number of rotatable bonds is 14. The third-order valence-corrected chi connectivity index (χ3v) is 5.05. The normalized spacial score (nSPS) is 10.5. The molecule has 2 aromatic carbocycles. The van der Waals surface area contributed by atoms with Crippen molar-refractivity contribution in [3.8, 4) is 0 Å². The van der Waals surface area contributed by atoms with Crippen molar-refractivity contribution in [2.75, 3.05) is 13.1 Å². The van der Waals surface area contributed by atoms with Crippen LogP contribution in [0.3, 0.4) is 0 Å². The number of carboxylic acid groups (broad SMARTS) is 1. The number of benzene rings is 2. The number of hydrogen-bond acceptors (Lipinski definition) is 3.